The van der Waals surface area contributed by atoms with Crippen LogP contribution in [0.5, 0.6) is 0 Å². The summed E-state index contributed by atoms with van der Waals surface area (Å²) in [5.74, 6) is 1.86. The molecule has 0 radical (unpaired) electrons. The van der Waals surface area contributed by atoms with E-state index < -0.39 is 0 Å². The molecule has 1 heterocycles. The van der Waals surface area contributed by atoms with Crippen LogP contribution in [0, 0.1) is 12.8 Å². The lowest BCUT2D eigenvalue weighted by atomic mass is 9.61. The molecule has 110 valence electrons. The molecule has 2 aliphatic carbocycles. The van der Waals surface area contributed by atoms with Crippen LogP contribution in [0.15, 0.2) is 4.42 Å². The van der Waals surface area contributed by atoms with Crippen LogP contribution in [0.4, 0.5) is 0 Å². The van der Waals surface area contributed by atoms with Gasteiger partial charge in [-0.05, 0) is 44.9 Å². The Labute approximate surface area is 120 Å². The number of amides is 1. The number of hydrogen-bond donors (Lipinski definition) is 1. The summed E-state index contributed by atoms with van der Waals surface area (Å²) in [6.07, 6.45) is 7.28. The molecule has 1 amide bonds. The summed E-state index contributed by atoms with van der Waals surface area (Å²) < 4.78 is 5.66. The van der Waals surface area contributed by atoms with Crippen molar-refractivity contribution in [2.75, 3.05) is 0 Å². The number of aryl methyl sites for hydroxylation is 1. The molecule has 20 heavy (non-hydrogen) atoms. The van der Waals surface area contributed by atoms with Crippen molar-refractivity contribution in [3.8, 4) is 0 Å². The van der Waals surface area contributed by atoms with Crippen molar-refractivity contribution < 1.29 is 9.21 Å². The first-order valence-corrected chi connectivity index (χ1v) is 7.82. The largest absolute Gasteiger partial charge is 0.435 e. The maximum Gasteiger partial charge on any atom is 0.289 e. The summed E-state index contributed by atoms with van der Waals surface area (Å²) in [4.78, 5) is 16.9. The van der Waals surface area contributed by atoms with Gasteiger partial charge in [-0.2, -0.15) is 0 Å². The third kappa shape index (κ3) is 2.15. The van der Waals surface area contributed by atoms with Crippen molar-refractivity contribution in [2.24, 2.45) is 5.92 Å². The van der Waals surface area contributed by atoms with Crippen LogP contribution in [0.1, 0.15) is 80.4 Å². The molecule has 0 aliphatic heterocycles. The number of aromatic nitrogens is 1. The van der Waals surface area contributed by atoms with E-state index in [0.29, 0.717) is 23.3 Å². The molecule has 0 bridgehead atoms. The van der Waals surface area contributed by atoms with Gasteiger partial charge in [0.15, 0.2) is 5.89 Å². The van der Waals surface area contributed by atoms with Gasteiger partial charge in [-0.25, -0.2) is 4.98 Å². The third-order valence-corrected chi connectivity index (χ3v) is 5.01. The van der Waals surface area contributed by atoms with Crippen LogP contribution in [0.3, 0.4) is 0 Å². The predicted octanol–water partition coefficient (Wildman–Crippen LogP) is 3.56. The lowest BCUT2D eigenvalue weighted by Gasteiger charge is -2.51. The maximum absolute atomic E-state index is 12.5. The average Bonchev–Trinajstić information content (AvgIpc) is 2.66. The highest BCUT2D eigenvalue weighted by Crippen LogP contribution is 2.47. The molecule has 0 saturated heterocycles. The topological polar surface area (TPSA) is 55.1 Å². The van der Waals surface area contributed by atoms with Gasteiger partial charge in [0, 0.05) is 11.5 Å². The number of oxazole rings is 1. The Morgan fingerprint density at radius 3 is 2.45 bits per heavy atom. The highest BCUT2D eigenvalue weighted by Gasteiger charge is 2.47. The second-order valence-electron chi connectivity index (χ2n) is 6.71. The zero-order chi connectivity index (χ0) is 14.3. The van der Waals surface area contributed by atoms with Gasteiger partial charge in [0.25, 0.3) is 5.91 Å². The number of hydrogen-bond acceptors (Lipinski definition) is 3. The Bertz CT molecular complexity index is 511. The highest BCUT2D eigenvalue weighted by atomic mass is 16.4. The predicted molar refractivity (Wildman–Crippen MR) is 76.7 cm³/mol. The second kappa shape index (κ2) is 4.90. The van der Waals surface area contributed by atoms with Gasteiger partial charge in [-0.1, -0.05) is 20.3 Å². The van der Waals surface area contributed by atoms with E-state index in [0.717, 1.165) is 12.8 Å². The Hall–Kier alpha value is -1.32. The van der Waals surface area contributed by atoms with E-state index in [-0.39, 0.29) is 17.4 Å². The van der Waals surface area contributed by atoms with E-state index in [9.17, 15) is 4.79 Å². The number of nitrogens with zero attached hydrogens (tertiary/aromatic N) is 1. The fourth-order valence-corrected chi connectivity index (χ4v) is 3.31. The van der Waals surface area contributed by atoms with Crippen molar-refractivity contribution in [1.29, 1.82) is 0 Å². The Kier molecular flexibility index (Phi) is 3.35. The maximum atomic E-state index is 12.5. The van der Waals surface area contributed by atoms with E-state index in [1.807, 2.05) is 20.8 Å². The van der Waals surface area contributed by atoms with Gasteiger partial charge in [0.2, 0.25) is 5.76 Å². The van der Waals surface area contributed by atoms with E-state index in [2.05, 4.69) is 10.3 Å². The first-order valence-electron chi connectivity index (χ1n) is 7.82. The van der Waals surface area contributed by atoms with Crippen molar-refractivity contribution in [1.82, 2.24) is 10.3 Å². The second-order valence-corrected chi connectivity index (χ2v) is 6.71. The van der Waals surface area contributed by atoms with Crippen LogP contribution in [-0.2, 0) is 0 Å². The summed E-state index contributed by atoms with van der Waals surface area (Å²) in [6, 6.07) is 0. The summed E-state index contributed by atoms with van der Waals surface area (Å²) in [5.41, 5.74) is 0.751. The van der Waals surface area contributed by atoms with Gasteiger partial charge in [-0.15, -0.1) is 0 Å². The van der Waals surface area contributed by atoms with Crippen LogP contribution >= 0.6 is 0 Å². The Balaban J connectivity index is 1.75. The number of rotatable bonds is 4. The molecule has 0 unspecified atom stereocenters. The summed E-state index contributed by atoms with van der Waals surface area (Å²) in [5, 5.41) is 3.27. The van der Waals surface area contributed by atoms with Crippen LogP contribution < -0.4 is 5.32 Å². The molecule has 1 aromatic heterocycles. The Morgan fingerprint density at radius 2 is 2.05 bits per heavy atom. The third-order valence-electron chi connectivity index (χ3n) is 5.01. The molecule has 2 aliphatic rings. The van der Waals surface area contributed by atoms with Gasteiger partial charge < -0.3 is 9.73 Å². The van der Waals surface area contributed by atoms with Crippen LogP contribution in [0.2, 0.25) is 0 Å². The molecule has 4 heteroatoms. The number of carbonyl (C=O) groups excluding carboxylic acids is 1. The highest BCUT2D eigenvalue weighted by molar-refractivity contribution is 5.93. The lowest BCUT2D eigenvalue weighted by molar-refractivity contribution is 0.0412. The fraction of sp³-hybridized carbons (Fsp3) is 0.750. The standard InChI is InChI=1S/C16H24N2O2/c1-10(2)15-17-11(3)13(20-15)14(19)18-16(8-5-9-16)12-6-4-7-12/h10,12H,4-9H2,1-3H3,(H,18,19). The zero-order valence-corrected chi connectivity index (χ0v) is 12.7. The number of carbonyl (C=O) groups is 1. The molecule has 0 aromatic carbocycles. The van der Waals surface area contributed by atoms with Crippen molar-refractivity contribution in [3.05, 3.63) is 17.3 Å². The molecular weight excluding hydrogens is 252 g/mol. The summed E-state index contributed by atoms with van der Waals surface area (Å²) in [7, 11) is 0. The molecule has 0 spiro atoms. The van der Waals surface area contributed by atoms with Gasteiger partial charge in [0.05, 0.1) is 5.69 Å². The minimum absolute atomic E-state index is 0.0482. The molecule has 2 fully saturated rings. The van der Waals surface area contributed by atoms with Crippen LogP contribution in [-0.4, -0.2) is 16.4 Å². The molecule has 2 saturated carbocycles. The number of nitrogens with one attached hydrogen (secondary N) is 1. The molecule has 0 atom stereocenters. The smallest absolute Gasteiger partial charge is 0.289 e. The van der Waals surface area contributed by atoms with Gasteiger partial charge in [-0.3, -0.25) is 4.79 Å². The summed E-state index contributed by atoms with van der Waals surface area (Å²) in [6.45, 7) is 5.89. The van der Waals surface area contributed by atoms with Crippen molar-refractivity contribution in [3.63, 3.8) is 0 Å². The van der Waals surface area contributed by atoms with Crippen molar-refractivity contribution >= 4 is 5.91 Å². The minimum atomic E-state index is -0.0755. The first kappa shape index (κ1) is 13.7. The molecule has 1 aromatic rings. The average molecular weight is 276 g/mol. The SMILES string of the molecule is Cc1nc(C(C)C)oc1C(=O)NC1(C2CCC2)CCC1. The summed E-state index contributed by atoms with van der Waals surface area (Å²) >= 11 is 0. The lowest BCUT2D eigenvalue weighted by Crippen LogP contribution is -2.60. The zero-order valence-electron chi connectivity index (χ0n) is 12.7. The monoisotopic (exact) mass is 276 g/mol. The van der Waals surface area contributed by atoms with Gasteiger partial charge >= 0.3 is 0 Å². The molecule has 1 N–H and O–H groups in total. The van der Waals surface area contributed by atoms with E-state index in [1.54, 1.807) is 0 Å². The normalized spacial score (nSPS) is 21.4. The first-order chi connectivity index (χ1) is 9.52. The molecule has 4 nitrogen and oxygen atoms in total. The molecule has 3 rings (SSSR count). The fourth-order valence-electron chi connectivity index (χ4n) is 3.31. The quantitative estimate of drug-likeness (QED) is 0.914. The van der Waals surface area contributed by atoms with E-state index >= 15 is 0 Å². The van der Waals surface area contributed by atoms with Crippen LogP contribution in [0.25, 0.3) is 0 Å². The van der Waals surface area contributed by atoms with Gasteiger partial charge in [0.1, 0.15) is 0 Å². The van der Waals surface area contributed by atoms with Crippen molar-refractivity contribution in [2.45, 2.75) is 70.8 Å². The van der Waals surface area contributed by atoms with E-state index in [4.69, 9.17) is 4.42 Å². The van der Waals surface area contributed by atoms with E-state index in [1.165, 1.54) is 25.7 Å². The molecular formula is C16H24N2O2. The minimum Gasteiger partial charge on any atom is -0.435 e. The Morgan fingerprint density at radius 1 is 1.35 bits per heavy atom.